The topological polar surface area (TPSA) is 76.5 Å². The third-order valence-corrected chi connectivity index (χ3v) is 7.24. The fourth-order valence-electron chi connectivity index (χ4n) is 4.40. The molecule has 2 aromatic heterocycles. The first kappa shape index (κ1) is 23.4. The lowest BCUT2D eigenvalue weighted by molar-refractivity contribution is -0.119. The quantitative estimate of drug-likeness (QED) is 0.561. The van der Waals surface area contributed by atoms with Crippen molar-refractivity contribution in [1.29, 1.82) is 0 Å². The van der Waals surface area contributed by atoms with Gasteiger partial charge in [0.05, 0.1) is 18.5 Å². The minimum absolute atomic E-state index is 0.113. The van der Waals surface area contributed by atoms with Gasteiger partial charge in [-0.15, -0.1) is 11.3 Å². The van der Waals surface area contributed by atoms with Crippen molar-refractivity contribution in [2.75, 3.05) is 26.0 Å². The summed E-state index contributed by atoms with van der Waals surface area (Å²) in [6.45, 7) is 7.00. The van der Waals surface area contributed by atoms with Gasteiger partial charge >= 0.3 is 0 Å². The number of aromatic nitrogens is 2. The normalized spacial score (nSPS) is 16.6. The Morgan fingerprint density at radius 3 is 2.73 bits per heavy atom. The fraction of sp³-hybridized carbons (Fsp3) is 0.480. The van der Waals surface area contributed by atoms with Crippen LogP contribution in [0.4, 0.5) is 5.69 Å². The highest BCUT2D eigenvalue weighted by molar-refractivity contribution is 7.18. The van der Waals surface area contributed by atoms with E-state index in [1.165, 1.54) is 4.88 Å². The summed E-state index contributed by atoms with van der Waals surface area (Å²) in [4.78, 5) is 35.9. The predicted octanol–water partition coefficient (Wildman–Crippen LogP) is 4.24. The Kier molecular flexibility index (Phi) is 6.86. The summed E-state index contributed by atoms with van der Waals surface area (Å²) in [7, 11) is 3.87. The zero-order chi connectivity index (χ0) is 23.7. The van der Waals surface area contributed by atoms with Crippen LogP contribution in [-0.4, -0.2) is 41.1 Å². The van der Waals surface area contributed by atoms with E-state index in [9.17, 15) is 9.59 Å². The molecule has 4 rings (SSSR count). The summed E-state index contributed by atoms with van der Waals surface area (Å²) >= 11 is 1.64. The first-order valence-electron chi connectivity index (χ1n) is 11.5. The third-order valence-electron chi connectivity index (χ3n) is 6.09. The number of amides is 1. The number of nitrogens with one attached hydrogen (secondary N) is 1. The Morgan fingerprint density at radius 2 is 2.06 bits per heavy atom. The number of fused-ring (bicyclic) bond motifs is 3. The van der Waals surface area contributed by atoms with Gasteiger partial charge in [-0.25, -0.2) is 4.98 Å². The van der Waals surface area contributed by atoms with Gasteiger partial charge in [0.25, 0.3) is 5.56 Å². The number of thiophene rings is 1. The van der Waals surface area contributed by atoms with Crippen LogP contribution in [0.1, 0.15) is 49.5 Å². The van der Waals surface area contributed by atoms with E-state index in [0.717, 1.165) is 35.4 Å². The highest BCUT2D eigenvalue weighted by Crippen LogP contribution is 2.36. The smallest absolute Gasteiger partial charge is 0.263 e. The average molecular weight is 469 g/mol. The second-order valence-electron chi connectivity index (χ2n) is 9.10. The van der Waals surface area contributed by atoms with Gasteiger partial charge in [0.15, 0.2) is 0 Å². The number of ether oxygens (including phenoxy) is 1. The Bertz CT molecular complexity index is 1210. The molecule has 0 radical (unpaired) electrons. The molecule has 2 atom stereocenters. The largest absolute Gasteiger partial charge is 0.494 e. The summed E-state index contributed by atoms with van der Waals surface area (Å²) in [6.07, 6.45) is 2.96. The molecule has 1 aromatic carbocycles. The van der Waals surface area contributed by atoms with Crippen LogP contribution in [0, 0.1) is 5.92 Å². The molecular weight excluding hydrogens is 436 g/mol. The van der Waals surface area contributed by atoms with Crippen LogP contribution in [0.5, 0.6) is 5.75 Å². The highest BCUT2D eigenvalue weighted by atomic mass is 32.1. The lowest BCUT2D eigenvalue weighted by Gasteiger charge is -2.21. The van der Waals surface area contributed by atoms with Crippen LogP contribution in [0.3, 0.4) is 0 Å². The van der Waals surface area contributed by atoms with Crippen molar-refractivity contribution < 1.29 is 9.53 Å². The van der Waals surface area contributed by atoms with Crippen LogP contribution in [0.25, 0.3) is 10.2 Å². The summed E-state index contributed by atoms with van der Waals surface area (Å²) in [6, 6.07) is 6.54. The van der Waals surface area contributed by atoms with Gasteiger partial charge < -0.3 is 15.0 Å². The maximum Gasteiger partial charge on any atom is 0.263 e. The SMILES string of the molecule is CCOc1ccc(NC(=O)C(C)n2c(CN(C)C)nc3sc4c(c3c2=O)CCC(C)C4)cc1. The Labute approximate surface area is 198 Å². The molecule has 33 heavy (non-hydrogen) atoms. The van der Waals surface area contributed by atoms with Crippen LogP contribution < -0.4 is 15.6 Å². The number of aryl methyl sites for hydroxylation is 1. The van der Waals surface area contributed by atoms with E-state index in [-0.39, 0.29) is 11.5 Å². The van der Waals surface area contributed by atoms with Crippen molar-refractivity contribution in [2.45, 2.75) is 52.6 Å². The van der Waals surface area contributed by atoms with Crippen LogP contribution >= 0.6 is 11.3 Å². The number of nitrogens with zero attached hydrogens (tertiary/aromatic N) is 3. The Balaban J connectivity index is 1.71. The number of anilines is 1. The molecule has 1 amide bonds. The van der Waals surface area contributed by atoms with E-state index < -0.39 is 6.04 Å². The van der Waals surface area contributed by atoms with Gasteiger partial charge in [-0.3, -0.25) is 14.2 Å². The second-order valence-corrected chi connectivity index (χ2v) is 10.2. The molecule has 176 valence electrons. The molecule has 1 N–H and O–H groups in total. The second kappa shape index (κ2) is 9.65. The van der Waals surface area contributed by atoms with Crippen LogP contribution in [-0.2, 0) is 24.2 Å². The van der Waals surface area contributed by atoms with Gasteiger partial charge in [-0.05, 0) is 83.0 Å². The monoisotopic (exact) mass is 468 g/mol. The Morgan fingerprint density at radius 1 is 1.33 bits per heavy atom. The fourth-order valence-corrected chi connectivity index (χ4v) is 5.80. The van der Waals surface area contributed by atoms with Crippen molar-refractivity contribution in [3.63, 3.8) is 0 Å². The van der Waals surface area contributed by atoms with Gasteiger partial charge in [-0.2, -0.15) is 0 Å². The number of rotatable bonds is 7. The molecular formula is C25H32N4O3S. The number of carbonyl (C=O) groups excluding carboxylic acids is 1. The summed E-state index contributed by atoms with van der Waals surface area (Å²) in [5.74, 6) is 1.73. The third kappa shape index (κ3) is 4.82. The molecule has 1 aliphatic carbocycles. The first-order chi connectivity index (χ1) is 15.8. The molecule has 0 spiro atoms. The van der Waals surface area contributed by atoms with Gasteiger partial charge in [0, 0.05) is 10.6 Å². The van der Waals surface area contributed by atoms with Gasteiger partial charge in [0.1, 0.15) is 22.4 Å². The molecule has 3 aromatic rings. The van der Waals surface area contributed by atoms with Crippen molar-refractivity contribution in [1.82, 2.24) is 14.5 Å². The van der Waals surface area contributed by atoms with E-state index in [1.807, 2.05) is 38.1 Å². The number of hydrogen-bond donors (Lipinski definition) is 1. The molecule has 0 bridgehead atoms. The highest BCUT2D eigenvalue weighted by Gasteiger charge is 2.27. The van der Waals surface area contributed by atoms with E-state index >= 15 is 0 Å². The lowest BCUT2D eigenvalue weighted by atomic mass is 9.89. The number of hydrogen-bond acceptors (Lipinski definition) is 6. The van der Waals surface area contributed by atoms with Gasteiger partial charge in [0.2, 0.25) is 5.91 Å². The van der Waals surface area contributed by atoms with Crippen molar-refractivity contribution in [2.24, 2.45) is 5.92 Å². The standard InChI is InChI=1S/C25H32N4O3S/c1-6-32-18-10-8-17(9-11-18)26-23(30)16(3)29-21(14-28(4)5)27-24-22(25(29)31)19-12-7-15(2)13-20(19)33-24/h8-11,15-16H,6-7,12-14H2,1-5H3,(H,26,30). The predicted molar refractivity (Wildman–Crippen MR) is 133 cm³/mol. The molecule has 0 aliphatic heterocycles. The molecule has 0 saturated heterocycles. The lowest BCUT2D eigenvalue weighted by Crippen LogP contribution is -2.36. The maximum absolute atomic E-state index is 13.8. The summed E-state index contributed by atoms with van der Waals surface area (Å²) in [5.41, 5.74) is 1.68. The van der Waals surface area contributed by atoms with E-state index in [1.54, 1.807) is 35.0 Å². The first-order valence-corrected chi connectivity index (χ1v) is 12.3. The minimum atomic E-state index is -0.700. The van der Waals surface area contributed by atoms with Crippen molar-refractivity contribution in [3.8, 4) is 5.75 Å². The molecule has 0 saturated carbocycles. The molecule has 2 heterocycles. The summed E-state index contributed by atoms with van der Waals surface area (Å²) < 4.78 is 7.05. The molecule has 8 heteroatoms. The minimum Gasteiger partial charge on any atom is -0.494 e. The Hall–Kier alpha value is -2.71. The maximum atomic E-state index is 13.8. The summed E-state index contributed by atoms with van der Waals surface area (Å²) in [5, 5.41) is 3.63. The van der Waals surface area contributed by atoms with Crippen LogP contribution in [0.15, 0.2) is 29.1 Å². The van der Waals surface area contributed by atoms with E-state index in [2.05, 4.69) is 12.2 Å². The molecule has 2 unspecified atom stereocenters. The average Bonchev–Trinajstić information content (AvgIpc) is 3.12. The van der Waals surface area contributed by atoms with E-state index in [4.69, 9.17) is 9.72 Å². The van der Waals surface area contributed by atoms with Crippen molar-refractivity contribution >= 4 is 33.1 Å². The number of carbonyl (C=O) groups is 1. The van der Waals surface area contributed by atoms with Crippen molar-refractivity contribution in [3.05, 3.63) is 50.9 Å². The van der Waals surface area contributed by atoms with Crippen LogP contribution in [0.2, 0.25) is 0 Å². The molecule has 7 nitrogen and oxygen atoms in total. The number of benzene rings is 1. The van der Waals surface area contributed by atoms with Gasteiger partial charge in [-0.1, -0.05) is 6.92 Å². The molecule has 0 fully saturated rings. The zero-order valence-electron chi connectivity index (χ0n) is 20.0. The molecule has 1 aliphatic rings. The van der Waals surface area contributed by atoms with E-state index in [0.29, 0.717) is 36.0 Å². The zero-order valence-corrected chi connectivity index (χ0v) is 20.8.